The zero-order chi connectivity index (χ0) is 13.6. The summed E-state index contributed by atoms with van der Waals surface area (Å²) in [4.78, 5) is 2.12. The predicted octanol–water partition coefficient (Wildman–Crippen LogP) is 0.803. The first-order valence-corrected chi connectivity index (χ1v) is 7.43. The Kier molecular flexibility index (Phi) is 5.58. The minimum atomic E-state index is -3.48. The number of para-hydroxylation sites is 1. The van der Waals surface area contributed by atoms with Gasteiger partial charge < -0.3 is 10.0 Å². The minimum absolute atomic E-state index is 0.00602. The van der Waals surface area contributed by atoms with Crippen LogP contribution in [-0.2, 0) is 10.0 Å². The van der Waals surface area contributed by atoms with E-state index in [1.807, 2.05) is 11.8 Å². The molecule has 0 aromatic heterocycles. The second-order valence-electron chi connectivity index (χ2n) is 3.89. The van der Waals surface area contributed by atoms with Crippen molar-refractivity contribution in [3.63, 3.8) is 0 Å². The van der Waals surface area contributed by atoms with Crippen LogP contribution in [0, 0.1) is 0 Å². The maximum Gasteiger partial charge on any atom is 0.242 e. The van der Waals surface area contributed by atoms with E-state index in [-0.39, 0.29) is 11.5 Å². The van der Waals surface area contributed by atoms with Gasteiger partial charge >= 0.3 is 0 Å². The standard InChI is InChI=1S/C12H20N2O3S/c1-3-8-14(9-10-15)11-6-4-5-7-12(11)18(16,17)13-2/h4-7,13,15H,3,8-10H2,1-2H3. The molecular formula is C12H20N2O3S. The molecule has 1 rings (SSSR count). The van der Waals surface area contributed by atoms with Crippen molar-refractivity contribution >= 4 is 15.7 Å². The maximum absolute atomic E-state index is 11.9. The summed E-state index contributed by atoms with van der Waals surface area (Å²) in [5.74, 6) is 0. The van der Waals surface area contributed by atoms with Gasteiger partial charge in [-0.2, -0.15) is 0 Å². The van der Waals surface area contributed by atoms with Crippen LogP contribution in [0.3, 0.4) is 0 Å². The molecule has 5 nitrogen and oxygen atoms in total. The molecule has 0 atom stereocenters. The summed E-state index contributed by atoms with van der Waals surface area (Å²) >= 11 is 0. The van der Waals surface area contributed by atoms with E-state index in [1.165, 1.54) is 7.05 Å². The third-order valence-corrected chi connectivity index (χ3v) is 4.09. The van der Waals surface area contributed by atoms with Crippen LogP contribution in [0.15, 0.2) is 29.2 Å². The number of nitrogens with one attached hydrogen (secondary N) is 1. The van der Waals surface area contributed by atoms with Gasteiger partial charge in [-0.05, 0) is 25.6 Å². The second kappa shape index (κ2) is 6.72. The van der Waals surface area contributed by atoms with Crippen LogP contribution in [0.1, 0.15) is 13.3 Å². The molecule has 0 aliphatic rings. The van der Waals surface area contributed by atoms with E-state index in [0.717, 1.165) is 6.42 Å². The Morgan fingerprint density at radius 1 is 1.28 bits per heavy atom. The lowest BCUT2D eigenvalue weighted by molar-refractivity contribution is 0.301. The van der Waals surface area contributed by atoms with Crippen LogP contribution in [0.2, 0.25) is 0 Å². The molecule has 6 heteroatoms. The molecule has 0 aliphatic carbocycles. The molecule has 18 heavy (non-hydrogen) atoms. The maximum atomic E-state index is 11.9. The van der Waals surface area contributed by atoms with E-state index in [9.17, 15) is 8.42 Å². The Balaban J connectivity index is 3.22. The predicted molar refractivity (Wildman–Crippen MR) is 72.3 cm³/mol. The topological polar surface area (TPSA) is 69.6 Å². The van der Waals surface area contributed by atoms with E-state index >= 15 is 0 Å². The van der Waals surface area contributed by atoms with E-state index in [2.05, 4.69) is 4.72 Å². The second-order valence-corrected chi connectivity index (χ2v) is 5.74. The summed E-state index contributed by atoms with van der Waals surface area (Å²) < 4.78 is 26.2. The van der Waals surface area contributed by atoms with Gasteiger partial charge in [-0.15, -0.1) is 0 Å². The Hall–Kier alpha value is -1.11. The zero-order valence-corrected chi connectivity index (χ0v) is 11.6. The SMILES string of the molecule is CCCN(CCO)c1ccccc1S(=O)(=O)NC. The van der Waals surface area contributed by atoms with Crippen LogP contribution in [0.4, 0.5) is 5.69 Å². The first-order valence-electron chi connectivity index (χ1n) is 5.95. The summed E-state index contributed by atoms with van der Waals surface area (Å²) in [7, 11) is -2.09. The number of sulfonamides is 1. The van der Waals surface area contributed by atoms with Gasteiger partial charge in [-0.3, -0.25) is 0 Å². The fraction of sp³-hybridized carbons (Fsp3) is 0.500. The quantitative estimate of drug-likeness (QED) is 0.770. The lowest BCUT2D eigenvalue weighted by atomic mass is 10.2. The van der Waals surface area contributed by atoms with Crippen molar-refractivity contribution < 1.29 is 13.5 Å². The van der Waals surface area contributed by atoms with Gasteiger partial charge in [0.1, 0.15) is 4.90 Å². The monoisotopic (exact) mass is 272 g/mol. The van der Waals surface area contributed by atoms with Gasteiger partial charge in [0.25, 0.3) is 0 Å². The molecule has 0 amide bonds. The fourth-order valence-corrected chi connectivity index (χ4v) is 2.75. The van der Waals surface area contributed by atoms with Gasteiger partial charge in [-0.1, -0.05) is 19.1 Å². The first-order chi connectivity index (χ1) is 8.56. The average Bonchev–Trinajstić information content (AvgIpc) is 2.38. The number of nitrogens with zero attached hydrogens (tertiary/aromatic N) is 1. The summed E-state index contributed by atoms with van der Waals surface area (Å²) in [6.07, 6.45) is 0.883. The molecular weight excluding hydrogens is 252 g/mol. The highest BCUT2D eigenvalue weighted by molar-refractivity contribution is 7.89. The summed E-state index contributed by atoms with van der Waals surface area (Å²) in [6, 6.07) is 6.82. The first kappa shape index (κ1) is 14.9. The lowest BCUT2D eigenvalue weighted by Crippen LogP contribution is -2.30. The van der Waals surface area contributed by atoms with Crippen LogP contribution >= 0.6 is 0 Å². The molecule has 0 fully saturated rings. The number of benzene rings is 1. The lowest BCUT2D eigenvalue weighted by Gasteiger charge is -2.25. The van der Waals surface area contributed by atoms with E-state index in [4.69, 9.17) is 5.11 Å². The molecule has 102 valence electrons. The smallest absolute Gasteiger partial charge is 0.242 e. The van der Waals surface area contributed by atoms with Crippen LogP contribution in [0.5, 0.6) is 0 Å². The third kappa shape index (κ3) is 3.44. The summed E-state index contributed by atoms with van der Waals surface area (Å²) in [5.41, 5.74) is 0.628. The van der Waals surface area contributed by atoms with Gasteiger partial charge in [0.2, 0.25) is 10.0 Å². The molecule has 1 aromatic rings. The normalized spacial score (nSPS) is 11.5. The largest absolute Gasteiger partial charge is 0.395 e. The summed E-state index contributed by atoms with van der Waals surface area (Å²) in [5, 5.41) is 9.07. The zero-order valence-electron chi connectivity index (χ0n) is 10.8. The van der Waals surface area contributed by atoms with E-state index in [1.54, 1.807) is 24.3 Å². The highest BCUT2D eigenvalue weighted by atomic mass is 32.2. The molecule has 1 aromatic carbocycles. The molecule has 0 aliphatic heterocycles. The summed E-state index contributed by atoms with van der Waals surface area (Å²) in [6.45, 7) is 3.13. The van der Waals surface area contributed by atoms with Crippen molar-refractivity contribution in [1.82, 2.24) is 4.72 Å². The van der Waals surface area contributed by atoms with Crippen LogP contribution < -0.4 is 9.62 Å². The Bertz CT molecular complexity index is 468. The van der Waals surface area contributed by atoms with E-state index in [0.29, 0.717) is 18.8 Å². The van der Waals surface area contributed by atoms with Gasteiger partial charge in [-0.25, -0.2) is 13.1 Å². The van der Waals surface area contributed by atoms with Crippen molar-refractivity contribution in [3.05, 3.63) is 24.3 Å². The molecule has 0 heterocycles. The van der Waals surface area contributed by atoms with Crippen LogP contribution in [-0.4, -0.2) is 40.3 Å². The Morgan fingerprint density at radius 2 is 1.94 bits per heavy atom. The van der Waals surface area contributed by atoms with E-state index < -0.39 is 10.0 Å². The van der Waals surface area contributed by atoms with Gasteiger partial charge in [0.15, 0.2) is 0 Å². The molecule has 0 saturated heterocycles. The molecule has 2 N–H and O–H groups in total. The molecule has 0 saturated carbocycles. The van der Waals surface area contributed by atoms with Crippen LogP contribution in [0.25, 0.3) is 0 Å². The number of aliphatic hydroxyl groups is 1. The number of aliphatic hydroxyl groups excluding tert-OH is 1. The number of hydrogen-bond acceptors (Lipinski definition) is 4. The molecule has 0 bridgehead atoms. The Morgan fingerprint density at radius 3 is 2.50 bits per heavy atom. The number of hydrogen-bond donors (Lipinski definition) is 2. The van der Waals surface area contributed by atoms with Gasteiger partial charge in [0.05, 0.1) is 12.3 Å². The Labute approximate surface area is 108 Å². The highest BCUT2D eigenvalue weighted by Crippen LogP contribution is 2.24. The van der Waals surface area contributed by atoms with Crippen molar-refractivity contribution in [3.8, 4) is 0 Å². The molecule has 0 radical (unpaired) electrons. The van der Waals surface area contributed by atoms with Gasteiger partial charge in [0, 0.05) is 13.1 Å². The molecule has 0 spiro atoms. The number of rotatable bonds is 7. The van der Waals surface area contributed by atoms with Crippen molar-refractivity contribution in [2.45, 2.75) is 18.2 Å². The molecule has 0 unspecified atom stereocenters. The van der Waals surface area contributed by atoms with Crippen molar-refractivity contribution in [2.75, 3.05) is 31.6 Å². The third-order valence-electron chi connectivity index (χ3n) is 2.63. The number of anilines is 1. The minimum Gasteiger partial charge on any atom is -0.395 e. The van der Waals surface area contributed by atoms with Crippen molar-refractivity contribution in [2.24, 2.45) is 0 Å². The fourth-order valence-electron chi connectivity index (χ4n) is 1.80. The van der Waals surface area contributed by atoms with Crippen molar-refractivity contribution in [1.29, 1.82) is 0 Å². The average molecular weight is 272 g/mol. The highest BCUT2D eigenvalue weighted by Gasteiger charge is 2.19.